The summed E-state index contributed by atoms with van der Waals surface area (Å²) in [7, 11) is 0. The molecule has 0 amide bonds. The Kier molecular flexibility index (Phi) is 3.20. The largest absolute Gasteiger partial charge is 0.492 e. The zero-order valence-corrected chi connectivity index (χ0v) is 10.4. The zero-order valence-electron chi connectivity index (χ0n) is 10.4. The summed E-state index contributed by atoms with van der Waals surface area (Å²) >= 11 is 0. The molecule has 1 aliphatic rings. The van der Waals surface area contributed by atoms with Crippen LogP contribution >= 0.6 is 0 Å². The van der Waals surface area contributed by atoms with Gasteiger partial charge in [-0.05, 0) is 23.5 Å². The fraction of sp³-hybridized carbons (Fsp3) is 0.571. The van der Waals surface area contributed by atoms with Gasteiger partial charge in [-0.15, -0.1) is 0 Å². The van der Waals surface area contributed by atoms with Crippen LogP contribution in [0.4, 0.5) is 0 Å². The van der Waals surface area contributed by atoms with Gasteiger partial charge in [0.2, 0.25) is 0 Å². The molecule has 0 saturated carbocycles. The van der Waals surface area contributed by atoms with Crippen LogP contribution in [0.3, 0.4) is 0 Å². The van der Waals surface area contributed by atoms with Crippen molar-refractivity contribution in [2.24, 2.45) is 5.41 Å². The molecule has 0 spiro atoms. The lowest BCUT2D eigenvalue weighted by Gasteiger charge is -2.29. The number of para-hydroxylation sites is 1. The Morgan fingerprint density at radius 2 is 2.06 bits per heavy atom. The van der Waals surface area contributed by atoms with Crippen molar-refractivity contribution in [1.82, 2.24) is 5.32 Å². The molecule has 0 fully saturated rings. The summed E-state index contributed by atoms with van der Waals surface area (Å²) in [5, 5.41) is 3.58. The molecule has 1 atom stereocenters. The Hall–Kier alpha value is -1.02. The van der Waals surface area contributed by atoms with Crippen molar-refractivity contribution in [2.75, 3.05) is 13.2 Å². The van der Waals surface area contributed by atoms with E-state index in [9.17, 15) is 0 Å². The maximum atomic E-state index is 5.74. The molecule has 1 heterocycles. The number of hydrogen-bond acceptors (Lipinski definition) is 2. The van der Waals surface area contributed by atoms with Gasteiger partial charge >= 0.3 is 0 Å². The van der Waals surface area contributed by atoms with E-state index in [-0.39, 0.29) is 0 Å². The van der Waals surface area contributed by atoms with E-state index in [1.165, 1.54) is 5.56 Å². The molecular formula is C14H21NO. The van der Waals surface area contributed by atoms with Crippen molar-refractivity contribution in [2.45, 2.75) is 33.2 Å². The first kappa shape index (κ1) is 11.5. The normalized spacial score (nSPS) is 20.1. The minimum atomic E-state index is 0.330. The Morgan fingerprint density at radius 3 is 2.81 bits per heavy atom. The van der Waals surface area contributed by atoms with E-state index in [1.54, 1.807) is 0 Å². The van der Waals surface area contributed by atoms with Crippen LogP contribution in [-0.4, -0.2) is 19.2 Å². The molecule has 2 heteroatoms. The van der Waals surface area contributed by atoms with Gasteiger partial charge in [0.05, 0.1) is 0 Å². The SMILES string of the molecule is CC(C)(C)CN[C@H]1COc2ccccc2C1. The topological polar surface area (TPSA) is 21.3 Å². The van der Waals surface area contributed by atoms with E-state index in [4.69, 9.17) is 4.74 Å². The molecule has 2 nitrogen and oxygen atoms in total. The predicted octanol–water partition coefficient (Wildman–Crippen LogP) is 2.63. The van der Waals surface area contributed by atoms with Gasteiger partial charge < -0.3 is 10.1 Å². The number of hydrogen-bond donors (Lipinski definition) is 1. The summed E-state index contributed by atoms with van der Waals surface area (Å²) < 4.78 is 5.74. The Labute approximate surface area is 98.0 Å². The highest BCUT2D eigenvalue weighted by Gasteiger charge is 2.20. The fourth-order valence-electron chi connectivity index (χ4n) is 1.91. The van der Waals surface area contributed by atoms with Crippen LogP contribution in [0.2, 0.25) is 0 Å². The van der Waals surface area contributed by atoms with Crippen LogP contribution in [0.1, 0.15) is 26.3 Å². The van der Waals surface area contributed by atoms with Crippen LogP contribution in [0, 0.1) is 5.41 Å². The molecule has 1 N–H and O–H groups in total. The molecule has 1 aromatic rings. The third-order valence-corrected chi connectivity index (χ3v) is 2.80. The van der Waals surface area contributed by atoms with Gasteiger partial charge in [-0.1, -0.05) is 39.0 Å². The summed E-state index contributed by atoms with van der Waals surface area (Å²) in [6.07, 6.45) is 1.08. The molecule has 88 valence electrons. The van der Waals surface area contributed by atoms with Crippen LogP contribution in [0.5, 0.6) is 5.75 Å². The highest BCUT2D eigenvalue weighted by Crippen LogP contribution is 2.24. The lowest BCUT2D eigenvalue weighted by atomic mass is 9.95. The third-order valence-electron chi connectivity index (χ3n) is 2.80. The maximum absolute atomic E-state index is 5.74. The average molecular weight is 219 g/mol. The maximum Gasteiger partial charge on any atom is 0.122 e. The molecule has 0 saturated heterocycles. The van der Waals surface area contributed by atoms with Gasteiger partial charge in [-0.3, -0.25) is 0 Å². The minimum absolute atomic E-state index is 0.330. The quantitative estimate of drug-likeness (QED) is 0.825. The molecule has 16 heavy (non-hydrogen) atoms. The average Bonchev–Trinajstić information content (AvgIpc) is 2.25. The first-order valence-corrected chi connectivity index (χ1v) is 5.99. The van der Waals surface area contributed by atoms with Gasteiger partial charge in [-0.25, -0.2) is 0 Å². The van der Waals surface area contributed by atoms with E-state index < -0.39 is 0 Å². The first-order valence-electron chi connectivity index (χ1n) is 5.99. The van der Waals surface area contributed by atoms with Crippen molar-refractivity contribution in [3.05, 3.63) is 29.8 Å². The smallest absolute Gasteiger partial charge is 0.122 e. The van der Waals surface area contributed by atoms with E-state index >= 15 is 0 Å². The number of benzene rings is 1. The van der Waals surface area contributed by atoms with Gasteiger partial charge in [-0.2, -0.15) is 0 Å². The number of rotatable bonds is 2. The Morgan fingerprint density at radius 1 is 1.31 bits per heavy atom. The van der Waals surface area contributed by atoms with Crippen LogP contribution in [-0.2, 0) is 6.42 Å². The first-order chi connectivity index (χ1) is 7.54. The second-order valence-corrected chi connectivity index (χ2v) is 5.76. The van der Waals surface area contributed by atoms with E-state index in [0.29, 0.717) is 11.5 Å². The van der Waals surface area contributed by atoms with Crippen molar-refractivity contribution in [3.63, 3.8) is 0 Å². The monoisotopic (exact) mass is 219 g/mol. The van der Waals surface area contributed by atoms with Crippen molar-refractivity contribution in [3.8, 4) is 5.75 Å². The summed E-state index contributed by atoms with van der Waals surface area (Å²) in [6.45, 7) is 8.56. The van der Waals surface area contributed by atoms with E-state index in [2.05, 4.69) is 44.3 Å². The second kappa shape index (κ2) is 4.46. The van der Waals surface area contributed by atoms with Gasteiger partial charge in [0.15, 0.2) is 0 Å². The highest BCUT2D eigenvalue weighted by molar-refractivity contribution is 5.35. The Balaban J connectivity index is 1.93. The van der Waals surface area contributed by atoms with Gasteiger partial charge in [0.25, 0.3) is 0 Å². The van der Waals surface area contributed by atoms with E-state index in [0.717, 1.165) is 25.3 Å². The molecule has 1 aliphatic heterocycles. The van der Waals surface area contributed by atoms with Gasteiger partial charge in [0, 0.05) is 12.6 Å². The van der Waals surface area contributed by atoms with Gasteiger partial charge in [0.1, 0.15) is 12.4 Å². The number of ether oxygens (including phenoxy) is 1. The molecule has 0 bridgehead atoms. The predicted molar refractivity (Wildman–Crippen MR) is 66.9 cm³/mol. The molecule has 0 aliphatic carbocycles. The lowest BCUT2D eigenvalue weighted by Crippen LogP contribution is -2.42. The molecule has 0 aromatic heterocycles. The van der Waals surface area contributed by atoms with Crippen molar-refractivity contribution < 1.29 is 4.74 Å². The fourth-order valence-corrected chi connectivity index (χ4v) is 1.91. The molecule has 1 aromatic carbocycles. The van der Waals surface area contributed by atoms with E-state index in [1.807, 2.05) is 6.07 Å². The summed E-state index contributed by atoms with van der Waals surface area (Å²) in [4.78, 5) is 0. The Bertz CT molecular complexity index is 354. The number of fused-ring (bicyclic) bond motifs is 1. The zero-order chi connectivity index (χ0) is 11.6. The summed E-state index contributed by atoms with van der Waals surface area (Å²) in [6, 6.07) is 8.76. The standard InChI is InChI=1S/C14H21NO/c1-14(2,3)10-15-12-8-11-6-4-5-7-13(11)16-9-12/h4-7,12,15H,8-10H2,1-3H3/t12-/m1/s1. The third kappa shape index (κ3) is 2.99. The minimum Gasteiger partial charge on any atom is -0.492 e. The lowest BCUT2D eigenvalue weighted by molar-refractivity contribution is 0.224. The molecule has 0 radical (unpaired) electrons. The number of nitrogens with one attached hydrogen (secondary N) is 1. The summed E-state index contributed by atoms with van der Waals surface area (Å²) in [5.74, 6) is 1.05. The van der Waals surface area contributed by atoms with Crippen molar-refractivity contribution >= 4 is 0 Å². The highest BCUT2D eigenvalue weighted by atomic mass is 16.5. The molecular weight excluding hydrogens is 198 g/mol. The second-order valence-electron chi connectivity index (χ2n) is 5.76. The molecule has 2 rings (SSSR count). The van der Waals surface area contributed by atoms with Crippen LogP contribution in [0.15, 0.2) is 24.3 Å². The van der Waals surface area contributed by atoms with Crippen LogP contribution < -0.4 is 10.1 Å². The van der Waals surface area contributed by atoms with Crippen LogP contribution in [0.25, 0.3) is 0 Å². The molecule has 0 unspecified atom stereocenters. The summed E-state index contributed by atoms with van der Waals surface area (Å²) in [5.41, 5.74) is 1.65. The van der Waals surface area contributed by atoms with Crippen molar-refractivity contribution in [1.29, 1.82) is 0 Å².